The van der Waals surface area contributed by atoms with E-state index in [2.05, 4.69) is 113 Å². The summed E-state index contributed by atoms with van der Waals surface area (Å²) in [5.74, 6) is -2.21. The first kappa shape index (κ1) is 94.2. The lowest BCUT2D eigenvalue weighted by Crippen LogP contribution is -2.30. The SMILES string of the molecule is CC/C=C\C/C=C\C/C=C\C/C=C\CCCCCCC(=O)OCC(COP(=O)(O)OCC(O)COP(=O)(O)OCC(COC(=O)CCCCCCC/C=C\CCCCCCCC)OC(=O)CCCCCCC/C=C\CCCC)OC(=O)CCCCCCC/C=C\CCCCCCCC. The number of allylic oxidation sites excluding steroid dienone is 14. The van der Waals surface area contributed by atoms with Crippen molar-refractivity contribution in [2.24, 2.45) is 0 Å². The molecule has 568 valence electrons. The molecule has 0 aliphatic heterocycles. The molecule has 19 heteroatoms. The summed E-state index contributed by atoms with van der Waals surface area (Å²) in [5.41, 5.74) is 0. The van der Waals surface area contributed by atoms with Crippen molar-refractivity contribution in [3.05, 3.63) is 85.1 Å². The maximum atomic E-state index is 13.1. The van der Waals surface area contributed by atoms with Crippen molar-refractivity contribution in [2.45, 2.75) is 354 Å². The fourth-order valence-electron chi connectivity index (χ4n) is 10.4. The van der Waals surface area contributed by atoms with Gasteiger partial charge in [0.15, 0.2) is 12.2 Å². The van der Waals surface area contributed by atoms with E-state index < -0.39 is 97.5 Å². The average molecular weight is 1420 g/mol. The van der Waals surface area contributed by atoms with Crippen molar-refractivity contribution >= 4 is 39.5 Å². The van der Waals surface area contributed by atoms with Crippen LogP contribution < -0.4 is 0 Å². The minimum Gasteiger partial charge on any atom is -0.462 e. The lowest BCUT2D eigenvalue weighted by atomic mass is 10.1. The van der Waals surface area contributed by atoms with Gasteiger partial charge in [0.05, 0.1) is 26.4 Å². The van der Waals surface area contributed by atoms with Crippen LogP contribution in [0.1, 0.15) is 336 Å². The zero-order valence-corrected chi connectivity index (χ0v) is 63.7. The summed E-state index contributed by atoms with van der Waals surface area (Å²) in [7, 11) is -9.95. The molecule has 0 radical (unpaired) electrons. The van der Waals surface area contributed by atoms with Crippen LogP contribution in [0.4, 0.5) is 0 Å². The summed E-state index contributed by atoms with van der Waals surface area (Å²) in [6, 6.07) is 0. The summed E-state index contributed by atoms with van der Waals surface area (Å²) in [6.07, 6.45) is 72.9. The molecule has 0 fully saturated rings. The Morgan fingerprint density at radius 1 is 0.296 bits per heavy atom. The summed E-state index contributed by atoms with van der Waals surface area (Å²) >= 11 is 0. The zero-order chi connectivity index (χ0) is 71.8. The Morgan fingerprint density at radius 3 is 0.857 bits per heavy atom. The molecular formula is C79H140O17P2. The number of rotatable bonds is 73. The van der Waals surface area contributed by atoms with E-state index in [0.29, 0.717) is 25.7 Å². The number of unbranched alkanes of at least 4 members (excludes halogenated alkanes) is 33. The van der Waals surface area contributed by atoms with Crippen molar-refractivity contribution in [3.8, 4) is 0 Å². The van der Waals surface area contributed by atoms with Crippen molar-refractivity contribution in [1.29, 1.82) is 0 Å². The lowest BCUT2D eigenvalue weighted by Gasteiger charge is -2.21. The first-order chi connectivity index (χ1) is 47.7. The molecule has 0 amide bonds. The number of hydrogen-bond acceptors (Lipinski definition) is 15. The van der Waals surface area contributed by atoms with Gasteiger partial charge in [-0.1, -0.05) is 260 Å². The number of aliphatic hydroxyl groups is 1. The molecule has 0 aromatic heterocycles. The third-order valence-electron chi connectivity index (χ3n) is 16.3. The summed E-state index contributed by atoms with van der Waals surface area (Å²) in [6.45, 7) is 4.69. The Hall–Kier alpha value is -3.76. The highest BCUT2D eigenvalue weighted by Gasteiger charge is 2.30. The van der Waals surface area contributed by atoms with Gasteiger partial charge in [-0.05, 0) is 135 Å². The molecule has 17 nitrogen and oxygen atoms in total. The van der Waals surface area contributed by atoms with Gasteiger partial charge in [-0.25, -0.2) is 9.13 Å². The molecule has 0 aromatic rings. The number of carbonyl (C=O) groups is 4. The molecule has 0 saturated heterocycles. The summed E-state index contributed by atoms with van der Waals surface area (Å²) < 4.78 is 68.4. The Kier molecular flexibility index (Phi) is 68.9. The van der Waals surface area contributed by atoms with Crippen LogP contribution in [0.2, 0.25) is 0 Å². The third kappa shape index (κ3) is 70.7. The van der Waals surface area contributed by atoms with Crippen LogP contribution in [0.15, 0.2) is 85.1 Å². The van der Waals surface area contributed by atoms with Crippen molar-refractivity contribution in [1.82, 2.24) is 0 Å². The van der Waals surface area contributed by atoms with Gasteiger partial charge in [-0.3, -0.25) is 37.3 Å². The van der Waals surface area contributed by atoms with Crippen molar-refractivity contribution < 1.29 is 80.2 Å². The van der Waals surface area contributed by atoms with E-state index in [-0.39, 0.29) is 25.7 Å². The largest absolute Gasteiger partial charge is 0.472 e. The van der Waals surface area contributed by atoms with Gasteiger partial charge >= 0.3 is 39.5 Å². The highest BCUT2D eigenvalue weighted by atomic mass is 31.2. The predicted molar refractivity (Wildman–Crippen MR) is 399 cm³/mol. The van der Waals surface area contributed by atoms with Crippen molar-refractivity contribution in [2.75, 3.05) is 39.6 Å². The number of hydrogen-bond donors (Lipinski definition) is 3. The first-order valence-electron chi connectivity index (χ1n) is 38.8. The molecule has 98 heavy (non-hydrogen) atoms. The minimum absolute atomic E-state index is 0.0804. The Morgan fingerprint density at radius 2 is 0.541 bits per heavy atom. The van der Waals surface area contributed by atoms with E-state index >= 15 is 0 Å². The quantitative estimate of drug-likeness (QED) is 0.0169. The predicted octanol–water partition coefficient (Wildman–Crippen LogP) is 22.2. The van der Waals surface area contributed by atoms with E-state index in [0.717, 1.165) is 167 Å². The van der Waals surface area contributed by atoms with Crippen LogP contribution in [0, 0.1) is 0 Å². The maximum Gasteiger partial charge on any atom is 0.472 e. The summed E-state index contributed by atoms with van der Waals surface area (Å²) in [5, 5.41) is 10.6. The number of phosphoric ester groups is 2. The van der Waals surface area contributed by atoms with Crippen LogP contribution in [0.5, 0.6) is 0 Å². The molecule has 5 atom stereocenters. The smallest absolute Gasteiger partial charge is 0.462 e. The van der Waals surface area contributed by atoms with Gasteiger partial charge in [0.1, 0.15) is 19.3 Å². The maximum absolute atomic E-state index is 13.1. The van der Waals surface area contributed by atoms with Gasteiger partial charge in [0.25, 0.3) is 0 Å². The molecule has 0 aliphatic carbocycles. The van der Waals surface area contributed by atoms with Gasteiger partial charge < -0.3 is 33.8 Å². The van der Waals surface area contributed by atoms with E-state index in [4.69, 9.17) is 37.0 Å². The number of carbonyl (C=O) groups excluding carboxylic acids is 4. The van der Waals surface area contributed by atoms with Gasteiger partial charge in [-0.15, -0.1) is 0 Å². The van der Waals surface area contributed by atoms with Crippen LogP contribution in [-0.4, -0.2) is 96.7 Å². The molecular weight excluding hydrogens is 1280 g/mol. The van der Waals surface area contributed by atoms with E-state index in [9.17, 15) is 43.2 Å². The number of ether oxygens (including phenoxy) is 4. The zero-order valence-electron chi connectivity index (χ0n) is 62.0. The van der Waals surface area contributed by atoms with Crippen molar-refractivity contribution in [3.63, 3.8) is 0 Å². The lowest BCUT2D eigenvalue weighted by molar-refractivity contribution is -0.161. The highest BCUT2D eigenvalue weighted by Crippen LogP contribution is 2.45. The molecule has 0 aromatic carbocycles. The fraction of sp³-hybridized carbons (Fsp3) is 0.772. The number of phosphoric acid groups is 2. The fourth-order valence-corrected chi connectivity index (χ4v) is 11.9. The van der Waals surface area contributed by atoms with Gasteiger partial charge in [0, 0.05) is 25.7 Å². The molecule has 3 N–H and O–H groups in total. The van der Waals surface area contributed by atoms with Crippen LogP contribution in [0.25, 0.3) is 0 Å². The number of aliphatic hydroxyl groups excluding tert-OH is 1. The monoisotopic (exact) mass is 1420 g/mol. The number of esters is 4. The third-order valence-corrected chi connectivity index (χ3v) is 18.2. The molecule has 0 bridgehead atoms. The molecule has 0 spiro atoms. The second kappa shape index (κ2) is 71.6. The van der Waals surface area contributed by atoms with Crippen LogP contribution in [-0.2, 0) is 65.4 Å². The summed E-state index contributed by atoms with van der Waals surface area (Å²) in [4.78, 5) is 72.8. The Bertz CT molecular complexity index is 2190. The topological polar surface area (TPSA) is 237 Å². The van der Waals surface area contributed by atoms with Crippen LogP contribution >= 0.6 is 15.6 Å². The van der Waals surface area contributed by atoms with Crippen LogP contribution in [0.3, 0.4) is 0 Å². The average Bonchev–Trinajstić information content (AvgIpc) is 0.986. The van der Waals surface area contributed by atoms with E-state index in [1.807, 2.05) is 0 Å². The molecule has 0 heterocycles. The molecule has 0 saturated carbocycles. The Balaban J connectivity index is 5.35. The molecule has 0 rings (SSSR count). The van der Waals surface area contributed by atoms with Gasteiger partial charge in [0.2, 0.25) is 0 Å². The standard InChI is InChI=1S/C79H140O17P2/c1-5-9-13-17-21-25-29-32-35-36-39-41-45-48-52-56-60-64-77(82)90-70-75(96-79(84)66-62-58-54-50-46-42-38-34-31-27-23-19-15-11-7-3)72-94-98(87,88)92-68-73(80)67-91-97(85,86)93-71-74(95-78(83)65-61-57-53-49-43-28-24-20-16-12-8-4)69-89-76(81)63-59-55-51-47-44-40-37-33-30-26-22-18-14-10-6-2/h9,13,20-21,24-25,32-35,37-39,41,73-75,80H,5-8,10-12,14-19,22-23,26-31,36,40,42-72H2,1-4H3,(H,85,86)(H,87,88)/b13-9-,24-20-,25-21-,35-32-,37-33-,38-34-,41-39-. The second-order valence-electron chi connectivity index (χ2n) is 25.9. The normalized spacial score (nSPS) is 14.4. The Labute approximate surface area is 595 Å². The van der Waals surface area contributed by atoms with Gasteiger partial charge in [-0.2, -0.15) is 0 Å². The highest BCUT2D eigenvalue weighted by molar-refractivity contribution is 7.47. The van der Waals surface area contributed by atoms with E-state index in [1.165, 1.54) is 89.9 Å². The van der Waals surface area contributed by atoms with E-state index in [1.54, 1.807) is 0 Å². The second-order valence-corrected chi connectivity index (χ2v) is 28.8. The first-order valence-corrected chi connectivity index (χ1v) is 41.8. The molecule has 0 aliphatic rings. The minimum atomic E-state index is -4.98. The molecule has 5 unspecified atom stereocenters.